The van der Waals surface area contributed by atoms with Gasteiger partial charge in [0.2, 0.25) is 5.91 Å². The van der Waals surface area contributed by atoms with Gasteiger partial charge in [-0.1, -0.05) is 42.1 Å². The molecule has 0 atom stereocenters. The van der Waals surface area contributed by atoms with E-state index in [4.69, 9.17) is 0 Å². The number of carbonyl (C=O) groups is 1. The van der Waals surface area contributed by atoms with Gasteiger partial charge in [0.1, 0.15) is 5.82 Å². The zero-order valence-corrected chi connectivity index (χ0v) is 18.7. The molecule has 6 nitrogen and oxygen atoms in total. The first-order valence-electron chi connectivity index (χ1n) is 9.83. The Morgan fingerprint density at radius 2 is 1.94 bits per heavy atom. The van der Waals surface area contributed by atoms with Gasteiger partial charge >= 0.3 is 0 Å². The van der Waals surface area contributed by atoms with Crippen LogP contribution in [0.3, 0.4) is 0 Å². The number of anilines is 1. The standard InChI is InChI=1S/C22H19F2N5OS2/c1-2-29-19(10-14-6-4-3-5-7-14)27-28-22(29)32-13-20(30)26-21-25-18(12-31-21)15-8-9-16(23)17(24)11-15/h3-9,11-12H,2,10,13H2,1H3,(H,25,26,30). The maximum Gasteiger partial charge on any atom is 0.236 e. The minimum atomic E-state index is -0.941. The first kappa shape index (κ1) is 22.1. The van der Waals surface area contributed by atoms with Crippen LogP contribution in [0.25, 0.3) is 11.3 Å². The van der Waals surface area contributed by atoms with Crippen LogP contribution in [0, 0.1) is 11.6 Å². The number of thioether (sulfide) groups is 1. The number of hydrogen-bond acceptors (Lipinski definition) is 6. The Morgan fingerprint density at radius 1 is 1.12 bits per heavy atom. The van der Waals surface area contributed by atoms with Crippen molar-refractivity contribution >= 4 is 34.1 Å². The van der Waals surface area contributed by atoms with Crippen molar-refractivity contribution in [3.63, 3.8) is 0 Å². The fraction of sp³-hybridized carbons (Fsp3) is 0.182. The molecule has 0 aliphatic heterocycles. The van der Waals surface area contributed by atoms with Crippen LogP contribution in [0.4, 0.5) is 13.9 Å². The van der Waals surface area contributed by atoms with E-state index in [1.807, 2.05) is 41.8 Å². The first-order chi connectivity index (χ1) is 15.5. The van der Waals surface area contributed by atoms with E-state index >= 15 is 0 Å². The topological polar surface area (TPSA) is 72.7 Å². The molecule has 0 radical (unpaired) electrons. The highest BCUT2D eigenvalue weighted by atomic mass is 32.2. The second kappa shape index (κ2) is 10.0. The van der Waals surface area contributed by atoms with Crippen LogP contribution in [0.15, 0.2) is 59.1 Å². The van der Waals surface area contributed by atoms with E-state index in [0.29, 0.717) is 34.5 Å². The van der Waals surface area contributed by atoms with E-state index < -0.39 is 11.6 Å². The average molecular weight is 472 g/mol. The summed E-state index contributed by atoms with van der Waals surface area (Å²) in [5, 5.41) is 14.0. The van der Waals surface area contributed by atoms with Crippen molar-refractivity contribution in [3.05, 3.63) is 76.9 Å². The lowest BCUT2D eigenvalue weighted by molar-refractivity contribution is -0.113. The number of hydrogen-bond donors (Lipinski definition) is 1. The quantitative estimate of drug-likeness (QED) is 0.365. The van der Waals surface area contributed by atoms with Gasteiger partial charge in [-0.3, -0.25) is 4.79 Å². The van der Waals surface area contributed by atoms with E-state index in [0.717, 1.165) is 23.5 Å². The number of carbonyl (C=O) groups excluding carboxylic acids is 1. The van der Waals surface area contributed by atoms with Crippen molar-refractivity contribution in [2.45, 2.75) is 25.0 Å². The molecule has 0 fully saturated rings. The maximum absolute atomic E-state index is 13.4. The van der Waals surface area contributed by atoms with Crippen LogP contribution in [-0.4, -0.2) is 31.4 Å². The van der Waals surface area contributed by atoms with Crippen LogP contribution in [0.2, 0.25) is 0 Å². The van der Waals surface area contributed by atoms with Gasteiger partial charge in [-0.05, 0) is 30.7 Å². The summed E-state index contributed by atoms with van der Waals surface area (Å²) in [6.45, 7) is 2.71. The molecule has 0 unspecified atom stereocenters. The third-order valence-corrected chi connectivity index (χ3v) is 6.34. The number of aromatic nitrogens is 4. The van der Waals surface area contributed by atoms with Crippen molar-refractivity contribution in [3.8, 4) is 11.3 Å². The molecule has 0 saturated heterocycles. The molecule has 2 heterocycles. The van der Waals surface area contributed by atoms with Gasteiger partial charge in [0.25, 0.3) is 0 Å². The molecule has 0 aliphatic carbocycles. The normalized spacial score (nSPS) is 11.0. The molecule has 0 spiro atoms. The zero-order chi connectivity index (χ0) is 22.5. The third kappa shape index (κ3) is 5.20. The SMILES string of the molecule is CCn1c(Cc2ccccc2)nnc1SCC(=O)Nc1nc(-c2ccc(F)c(F)c2)cs1. The number of thiazole rings is 1. The average Bonchev–Trinajstić information content (AvgIpc) is 3.41. The van der Waals surface area contributed by atoms with Crippen LogP contribution in [0.1, 0.15) is 18.3 Å². The summed E-state index contributed by atoms with van der Waals surface area (Å²) in [6.07, 6.45) is 0.667. The fourth-order valence-corrected chi connectivity index (χ4v) is 4.61. The number of benzene rings is 2. The second-order valence-electron chi connectivity index (χ2n) is 6.81. The van der Waals surface area contributed by atoms with Crippen molar-refractivity contribution < 1.29 is 13.6 Å². The Morgan fingerprint density at radius 3 is 2.69 bits per heavy atom. The summed E-state index contributed by atoms with van der Waals surface area (Å²) in [6, 6.07) is 13.6. The molecule has 1 N–H and O–H groups in total. The molecular weight excluding hydrogens is 452 g/mol. The van der Waals surface area contributed by atoms with Gasteiger partial charge in [0.15, 0.2) is 21.9 Å². The highest BCUT2D eigenvalue weighted by Crippen LogP contribution is 2.26. The molecule has 1 amide bonds. The lowest BCUT2D eigenvalue weighted by atomic mass is 10.1. The molecule has 10 heteroatoms. The largest absolute Gasteiger partial charge is 0.306 e. The zero-order valence-electron chi connectivity index (χ0n) is 17.1. The van der Waals surface area contributed by atoms with Gasteiger partial charge < -0.3 is 9.88 Å². The predicted octanol–water partition coefficient (Wildman–Crippen LogP) is 5.02. The molecule has 0 saturated carbocycles. The number of nitrogens with zero attached hydrogens (tertiary/aromatic N) is 4. The van der Waals surface area contributed by atoms with Crippen molar-refractivity contribution in [2.75, 3.05) is 11.1 Å². The van der Waals surface area contributed by atoms with Crippen LogP contribution in [-0.2, 0) is 17.8 Å². The van der Waals surface area contributed by atoms with Crippen molar-refractivity contribution in [1.29, 1.82) is 0 Å². The highest BCUT2D eigenvalue weighted by Gasteiger charge is 2.15. The van der Waals surface area contributed by atoms with Gasteiger partial charge in [-0.2, -0.15) is 0 Å². The molecule has 2 aromatic heterocycles. The Bertz CT molecular complexity index is 1230. The van der Waals surface area contributed by atoms with Crippen molar-refractivity contribution in [1.82, 2.24) is 19.7 Å². The van der Waals surface area contributed by atoms with Crippen molar-refractivity contribution in [2.24, 2.45) is 0 Å². The number of nitrogens with one attached hydrogen (secondary N) is 1. The smallest absolute Gasteiger partial charge is 0.236 e. The van der Waals surface area contributed by atoms with Crippen LogP contribution in [0.5, 0.6) is 0 Å². The molecule has 4 rings (SSSR count). The molecule has 2 aromatic carbocycles. The maximum atomic E-state index is 13.4. The van der Waals surface area contributed by atoms with E-state index in [9.17, 15) is 13.6 Å². The molecule has 0 aliphatic rings. The molecule has 4 aromatic rings. The predicted molar refractivity (Wildman–Crippen MR) is 122 cm³/mol. The summed E-state index contributed by atoms with van der Waals surface area (Å²) in [5.74, 6) is -1.11. The van der Waals surface area contributed by atoms with E-state index in [1.54, 1.807) is 5.38 Å². The number of rotatable bonds is 8. The number of amides is 1. The Labute approximate surface area is 191 Å². The fourth-order valence-electron chi connectivity index (χ4n) is 3.06. The lowest BCUT2D eigenvalue weighted by Crippen LogP contribution is -2.14. The van der Waals surface area contributed by atoms with Gasteiger partial charge in [0.05, 0.1) is 11.4 Å². The summed E-state index contributed by atoms with van der Waals surface area (Å²) >= 11 is 2.52. The number of halogens is 2. The summed E-state index contributed by atoms with van der Waals surface area (Å²) < 4.78 is 28.6. The summed E-state index contributed by atoms with van der Waals surface area (Å²) in [4.78, 5) is 16.7. The van der Waals surface area contributed by atoms with Gasteiger partial charge in [0, 0.05) is 23.9 Å². The molecule has 0 bridgehead atoms. The molecule has 164 valence electrons. The monoisotopic (exact) mass is 471 g/mol. The van der Waals surface area contributed by atoms with E-state index in [-0.39, 0.29) is 11.7 Å². The van der Waals surface area contributed by atoms with E-state index in [1.165, 1.54) is 29.2 Å². The Kier molecular flexibility index (Phi) is 6.91. The molecular formula is C22H19F2N5OS2. The minimum Gasteiger partial charge on any atom is -0.306 e. The summed E-state index contributed by atoms with van der Waals surface area (Å²) in [7, 11) is 0. The second-order valence-corrected chi connectivity index (χ2v) is 8.61. The third-order valence-electron chi connectivity index (χ3n) is 4.61. The minimum absolute atomic E-state index is 0.142. The highest BCUT2D eigenvalue weighted by molar-refractivity contribution is 7.99. The van der Waals surface area contributed by atoms with Gasteiger partial charge in [-0.15, -0.1) is 21.5 Å². The Balaban J connectivity index is 1.36. The van der Waals surface area contributed by atoms with Gasteiger partial charge in [-0.25, -0.2) is 13.8 Å². The van der Waals surface area contributed by atoms with E-state index in [2.05, 4.69) is 20.5 Å². The van der Waals surface area contributed by atoms with Crippen LogP contribution >= 0.6 is 23.1 Å². The Hall–Kier alpha value is -3.11. The van der Waals surface area contributed by atoms with Crippen LogP contribution < -0.4 is 5.32 Å². The summed E-state index contributed by atoms with van der Waals surface area (Å²) in [5.41, 5.74) is 2.05. The first-order valence-corrected chi connectivity index (χ1v) is 11.7. The molecule has 32 heavy (non-hydrogen) atoms. The lowest BCUT2D eigenvalue weighted by Gasteiger charge is -2.07.